The molecule has 2 aromatic carbocycles. The first-order valence-electron chi connectivity index (χ1n) is 19.5. The summed E-state index contributed by atoms with van der Waals surface area (Å²) in [5.41, 5.74) is 6.41. The van der Waals surface area contributed by atoms with Crippen LogP contribution in [0.25, 0.3) is 33.9 Å². The summed E-state index contributed by atoms with van der Waals surface area (Å²) in [6, 6.07) is 10.5. The minimum atomic E-state index is -3.23. The molecule has 7 rings (SSSR count). The molecule has 314 valence electrons. The molecule has 3 aromatic heterocycles. The van der Waals surface area contributed by atoms with Crippen molar-refractivity contribution in [3.8, 4) is 33.9 Å². The number of ether oxygens (including phenoxy) is 2. The molecular weight excluding hydrogens is 779 g/mol. The number of H-pyrrole nitrogens is 2. The fraction of sp³-hybridized carbons (Fsp3) is 0.381. The van der Waals surface area contributed by atoms with Gasteiger partial charge in [0.05, 0.1) is 62.3 Å². The minimum absolute atomic E-state index is 0.214. The summed E-state index contributed by atoms with van der Waals surface area (Å²) in [7, 11) is 2.43. The van der Waals surface area contributed by atoms with Crippen molar-refractivity contribution in [1.82, 2.24) is 45.4 Å². The summed E-state index contributed by atoms with van der Waals surface area (Å²) in [5.74, 6) is -3.23. The number of anilines is 1. The monoisotopic (exact) mass is 824 g/mol. The number of nitrogens with one attached hydrogen (secondary N) is 4. The predicted octanol–water partition coefficient (Wildman–Crippen LogP) is 6.15. The van der Waals surface area contributed by atoms with Gasteiger partial charge in [0, 0.05) is 36.9 Å². The summed E-state index contributed by atoms with van der Waals surface area (Å²) in [6.45, 7) is 4.78. The van der Waals surface area contributed by atoms with Crippen LogP contribution in [0.15, 0.2) is 67.3 Å². The number of carbonyl (C=O) groups is 4. The third-order valence-corrected chi connectivity index (χ3v) is 10.8. The average Bonchev–Trinajstić information content (AvgIpc) is 4.00. The molecule has 2 aliphatic heterocycles. The zero-order valence-electron chi connectivity index (χ0n) is 34.0. The summed E-state index contributed by atoms with van der Waals surface area (Å²) in [4.78, 5) is 79.1. The van der Waals surface area contributed by atoms with Gasteiger partial charge in [0.15, 0.2) is 5.82 Å². The molecule has 0 fully saturated rings. The summed E-state index contributed by atoms with van der Waals surface area (Å²) >= 11 is 0. The molecule has 0 radical (unpaired) electrons. The first-order valence-corrected chi connectivity index (χ1v) is 19.5. The van der Waals surface area contributed by atoms with Crippen LogP contribution in [0.1, 0.15) is 69.0 Å². The van der Waals surface area contributed by atoms with Crippen molar-refractivity contribution in [2.45, 2.75) is 77.0 Å². The van der Waals surface area contributed by atoms with Crippen LogP contribution in [0.5, 0.6) is 0 Å². The van der Waals surface area contributed by atoms with Crippen molar-refractivity contribution in [2.75, 3.05) is 25.7 Å². The number of para-hydroxylation sites is 1. The first-order chi connectivity index (χ1) is 28.6. The van der Waals surface area contributed by atoms with Gasteiger partial charge in [-0.2, -0.15) is 0 Å². The smallest absolute Gasteiger partial charge is 0.407 e. The standard InChI is InChI=1S/C42H46F2N10O6/c1-22(2)33(52-41(58)60-6)39(56)53(21-42(4,43)44)23(3)35-47-20-31(49-35)28-17-45-36(46-18-28)26-12-10-24(11-13-26)30-19-48-37(50-30)32-16-27-9-7-8-25-14-15-29(51-40(57)59-5)38(55)54(32)34(25)27/h7-13,17-20,22-23,29,32-33H,14-16,21H2,1-6H3,(H,47,49)(H,48,50)(H,51,57)(H,52,58)/t23-,29-,32-,33-/m0/s1. The third kappa shape index (κ3) is 8.53. The largest absolute Gasteiger partial charge is 0.453 e. The number of aromatic nitrogens is 6. The molecule has 0 aliphatic carbocycles. The molecule has 16 nitrogen and oxygen atoms in total. The van der Waals surface area contributed by atoms with E-state index in [1.165, 1.54) is 13.3 Å². The molecule has 2 aliphatic rings. The van der Waals surface area contributed by atoms with Crippen molar-refractivity contribution in [1.29, 1.82) is 0 Å². The highest BCUT2D eigenvalue weighted by Crippen LogP contribution is 2.44. The predicted molar refractivity (Wildman–Crippen MR) is 216 cm³/mol. The number of aromatic amines is 2. The van der Waals surface area contributed by atoms with Gasteiger partial charge in [-0.3, -0.25) is 14.5 Å². The van der Waals surface area contributed by atoms with Gasteiger partial charge < -0.3 is 35.0 Å². The van der Waals surface area contributed by atoms with E-state index in [2.05, 4.69) is 40.3 Å². The van der Waals surface area contributed by atoms with E-state index in [-0.39, 0.29) is 11.7 Å². The quantitative estimate of drug-likeness (QED) is 0.113. The Hall–Kier alpha value is -6.72. The van der Waals surface area contributed by atoms with Crippen molar-refractivity contribution < 1.29 is 37.4 Å². The number of rotatable bonds is 12. The SMILES string of the molecule is COC(=O)N[C@H]1CCc2cccc3c2N(C1=O)[C@H](c1ncc(-c2ccc(-c4ncc(-c5cnc([C@H](C)N(CC(C)(F)F)C(=O)[C@@H](NC(=O)OC)C(C)C)[nH]5)cn4)cc2)[nH]1)C3. The maximum atomic E-state index is 14.4. The van der Waals surface area contributed by atoms with E-state index >= 15 is 0 Å². The minimum Gasteiger partial charge on any atom is -0.453 e. The second-order valence-electron chi connectivity index (χ2n) is 15.4. The molecule has 4 atom stereocenters. The Morgan fingerprint density at radius 3 is 2.20 bits per heavy atom. The zero-order chi connectivity index (χ0) is 42.9. The van der Waals surface area contributed by atoms with Crippen molar-refractivity contribution in [2.24, 2.45) is 5.92 Å². The lowest BCUT2D eigenvalue weighted by atomic mass is 10.0. The zero-order valence-corrected chi connectivity index (χ0v) is 34.0. The van der Waals surface area contributed by atoms with Gasteiger partial charge in [-0.05, 0) is 42.4 Å². The molecule has 60 heavy (non-hydrogen) atoms. The van der Waals surface area contributed by atoms with Crippen LogP contribution in [0, 0.1) is 5.92 Å². The van der Waals surface area contributed by atoms with Crippen molar-refractivity contribution >= 4 is 29.7 Å². The molecule has 4 amide bonds. The fourth-order valence-electron chi connectivity index (χ4n) is 7.68. The molecule has 18 heteroatoms. The molecule has 5 heterocycles. The number of hydrogen-bond donors (Lipinski definition) is 4. The summed E-state index contributed by atoms with van der Waals surface area (Å²) in [6.07, 6.45) is 6.61. The highest BCUT2D eigenvalue weighted by atomic mass is 19.3. The second-order valence-corrected chi connectivity index (χ2v) is 15.4. The van der Waals surface area contributed by atoms with E-state index in [0.717, 1.165) is 52.6 Å². The lowest BCUT2D eigenvalue weighted by molar-refractivity contribution is -0.142. The van der Waals surface area contributed by atoms with E-state index < -0.39 is 60.6 Å². The average molecular weight is 825 g/mol. The number of aryl methyl sites for hydroxylation is 1. The van der Waals surface area contributed by atoms with Gasteiger partial charge in [-0.25, -0.2) is 38.3 Å². The van der Waals surface area contributed by atoms with Crippen LogP contribution in [0.2, 0.25) is 0 Å². The Morgan fingerprint density at radius 2 is 1.53 bits per heavy atom. The van der Waals surface area contributed by atoms with Gasteiger partial charge in [0.2, 0.25) is 11.8 Å². The maximum Gasteiger partial charge on any atom is 0.407 e. The molecule has 4 N–H and O–H groups in total. The van der Waals surface area contributed by atoms with E-state index in [1.807, 2.05) is 42.5 Å². The summed E-state index contributed by atoms with van der Waals surface area (Å²) in [5, 5.41) is 5.16. The molecule has 5 aromatic rings. The second kappa shape index (κ2) is 16.9. The number of methoxy groups -OCH3 is 2. The van der Waals surface area contributed by atoms with E-state index in [0.29, 0.717) is 42.2 Å². The number of nitrogens with zero attached hydrogens (tertiary/aromatic N) is 6. The Morgan fingerprint density at radius 1 is 0.883 bits per heavy atom. The van der Waals surface area contributed by atoms with Gasteiger partial charge in [0.25, 0.3) is 5.92 Å². The molecular formula is C42H46F2N10O6. The number of alkyl carbamates (subject to hydrolysis) is 2. The normalized spacial score (nSPS) is 17.1. The molecule has 0 saturated heterocycles. The Bertz CT molecular complexity index is 2380. The Labute approximate surface area is 344 Å². The maximum absolute atomic E-state index is 14.4. The van der Waals surface area contributed by atoms with Gasteiger partial charge in [-0.15, -0.1) is 0 Å². The van der Waals surface area contributed by atoms with E-state index in [1.54, 1.807) is 44.3 Å². The van der Waals surface area contributed by atoms with Crippen LogP contribution >= 0.6 is 0 Å². The number of alkyl halides is 2. The summed E-state index contributed by atoms with van der Waals surface area (Å²) < 4.78 is 38.2. The first kappa shape index (κ1) is 41.4. The number of halogens is 2. The van der Waals surface area contributed by atoms with Crippen molar-refractivity contribution in [3.05, 3.63) is 90.0 Å². The number of benzene rings is 2. The number of carbonyl (C=O) groups excluding carboxylic acids is 4. The Balaban J connectivity index is 1.05. The van der Waals surface area contributed by atoms with Crippen LogP contribution < -0.4 is 15.5 Å². The van der Waals surface area contributed by atoms with Gasteiger partial charge in [0.1, 0.15) is 23.7 Å². The van der Waals surface area contributed by atoms with E-state index in [4.69, 9.17) is 9.72 Å². The lowest BCUT2D eigenvalue weighted by Gasteiger charge is -2.34. The molecule has 0 spiro atoms. The topological polar surface area (TPSA) is 200 Å². The van der Waals surface area contributed by atoms with Crippen LogP contribution in [0.3, 0.4) is 0 Å². The third-order valence-electron chi connectivity index (χ3n) is 10.8. The lowest BCUT2D eigenvalue weighted by Crippen LogP contribution is -2.54. The highest BCUT2D eigenvalue weighted by Gasteiger charge is 2.43. The van der Waals surface area contributed by atoms with E-state index in [9.17, 15) is 28.0 Å². The van der Waals surface area contributed by atoms with Gasteiger partial charge in [-0.1, -0.05) is 56.3 Å². The number of hydrogen-bond acceptors (Lipinski definition) is 10. The Kier molecular flexibility index (Phi) is 11.6. The molecule has 0 bridgehead atoms. The molecule has 0 saturated carbocycles. The number of amides is 4. The van der Waals surface area contributed by atoms with Crippen LogP contribution in [-0.2, 0) is 31.9 Å². The van der Waals surface area contributed by atoms with Crippen molar-refractivity contribution in [3.63, 3.8) is 0 Å². The van der Waals surface area contributed by atoms with Crippen LogP contribution in [-0.4, -0.2) is 97.6 Å². The van der Waals surface area contributed by atoms with Gasteiger partial charge >= 0.3 is 12.2 Å². The van der Waals surface area contributed by atoms with Crippen LogP contribution in [0.4, 0.5) is 24.1 Å². The fourth-order valence-corrected chi connectivity index (χ4v) is 7.68. The highest BCUT2D eigenvalue weighted by molar-refractivity contribution is 6.02. The number of imidazole rings is 2. The molecule has 0 unspecified atom stereocenters.